The molecule has 6 nitrogen and oxygen atoms in total. The van der Waals surface area contributed by atoms with Crippen molar-refractivity contribution in [3.05, 3.63) is 28.9 Å². The molecule has 0 saturated heterocycles. The molecule has 0 heterocycles. The van der Waals surface area contributed by atoms with Gasteiger partial charge in [-0.25, -0.2) is 9.59 Å². The zero-order chi connectivity index (χ0) is 16.7. The molecule has 6 heteroatoms. The summed E-state index contributed by atoms with van der Waals surface area (Å²) in [4.78, 5) is 32.0. The summed E-state index contributed by atoms with van der Waals surface area (Å²) in [6.45, 7) is 1.38. The third-order valence-electron chi connectivity index (χ3n) is 3.77. The van der Waals surface area contributed by atoms with Gasteiger partial charge in [0, 0.05) is 0 Å². The average molecular weight is 308 g/mol. The lowest BCUT2D eigenvalue weighted by Gasteiger charge is -2.17. The molecular weight excluding hydrogens is 288 g/mol. The van der Waals surface area contributed by atoms with E-state index in [9.17, 15) is 14.4 Å². The monoisotopic (exact) mass is 308 g/mol. The van der Waals surface area contributed by atoms with Gasteiger partial charge in [-0.15, -0.1) is 0 Å². The summed E-state index contributed by atoms with van der Waals surface area (Å²) in [5.41, 5.74) is -0.0257. The van der Waals surface area contributed by atoms with E-state index in [2.05, 4.69) is 0 Å². The quantitative estimate of drug-likeness (QED) is 0.670. The number of aliphatic hydroxyl groups is 1. The maximum absolute atomic E-state index is 10.8. The fraction of sp³-hybridized carbons (Fsp3) is 0.500. The van der Waals surface area contributed by atoms with Crippen molar-refractivity contribution < 1.29 is 29.7 Å². The second kappa shape index (κ2) is 8.32. The van der Waals surface area contributed by atoms with Crippen LogP contribution in [0.3, 0.4) is 0 Å². The third-order valence-corrected chi connectivity index (χ3v) is 3.77. The normalized spacial score (nSPS) is 21.7. The van der Waals surface area contributed by atoms with E-state index < -0.39 is 17.9 Å². The molecule has 0 aromatic rings. The van der Waals surface area contributed by atoms with E-state index >= 15 is 0 Å². The van der Waals surface area contributed by atoms with Crippen LogP contribution < -0.4 is 0 Å². The van der Waals surface area contributed by atoms with Gasteiger partial charge in [0.05, 0.1) is 17.3 Å². The summed E-state index contributed by atoms with van der Waals surface area (Å²) in [6.07, 6.45) is 8.30. The van der Waals surface area contributed by atoms with Crippen LogP contribution in [0.1, 0.15) is 39.0 Å². The van der Waals surface area contributed by atoms with E-state index in [0.29, 0.717) is 0 Å². The molecule has 0 bridgehead atoms. The number of hydrogen-bond donors (Lipinski definition) is 3. The van der Waals surface area contributed by atoms with Crippen molar-refractivity contribution in [2.45, 2.75) is 45.1 Å². The van der Waals surface area contributed by atoms with E-state index in [1.807, 2.05) is 0 Å². The smallest absolute Gasteiger partial charge is 0.335 e. The number of carbonyl (C=O) groups excluding carboxylic acids is 1. The van der Waals surface area contributed by atoms with Crippen LogP contribution in [0.5, 0.6) is 0 Å². The van der Waals surface area contributed by atoms with Crippen LogP contribution in [-0.4, -0.2) is 39.3 Å². The van der Waals surface area contributed by atoms with Gasteiger partial charge in [-0.1, -0.05) is 19.3 Å². The molecule has 0 radical (unpaired) electrons. The van der Waals surface area contributed by atoms with Crippen molar-refractivity contribution >= 4 is 17.9 Å². The van der Waals surface area contributed by atoms with E-state index in [1.54, 1.807) is 0 Å². The standard InChI is InChI=1S/C10H8O5.C6H12O/c1-5-7(9(12)13)3-2-6(4-11)8(5)10(14)15;7-6-4-2-1-3-5-6/h2-3,8H,1H3,(H,12,13)(H,14,15);6-7H,1-5H2. The van der Waals surface area contributed by atoms with Crippen molar-refractivity contribution in [1.29, 1.82) is 0 Å². The molecule has 0 aromatic carbocycles. The van der Waals surface area contributed by atoms with Gasteiger partial charge in [0.25, 0.3) is 0 Å². The Hall–Kier alpha value is -2.17. The Morgan fingerprint density at radius 1 is 1.14 bits per heavy atom. The molecule has 0 amide bonds. The Kier molecular flexibility index (Phi) is 6.76. The molecule has 120 valence electrons. The maximum atomic E-state index is 10.8. The van der Waals surface area contributed by atoms with Crippen LogP contribution in [0.15, 0.2) is 28.9 Å². The summed E-state index contributed by atoms with van der Waals surface area (Å²) in [5, 5.41) is 26.5. The van der Waals surface area contributed by atoms with Crippen LogP contribution in [0.2, 0.25) is 0 Å². The number of aliphatic carboxylic acids is 2. The molecule has 1 atom stereocenters. The van der Waals surface area contributed by atoms with Crippen molar-refractivity contribution in [2.75, 3.05) is 0 Å². The minimum absolute atomic E-state index is 0.0359. The summed E-state index contributed by atoms with van der Waals surface area (Å²) in [6, 6.07) is 0. The Bertz CT molecular complexity index is 545. The Balaban J connectivity index is 0.000000287. The number of carboxylic acids is 2. The Morgan fingerprint density at radius 3 is 2.09 bits per heavy atom. The highest BCUT2D eigenvalue weighted by molar-refractivity contribution is 5.95. The van der Waals surface area contributed by atoms with Crippen molar-refractivity contribution in [3.8, 4) is 0 Å². The summed E-state index contributed by atoms with van der Waals surface area (Å²) in [5.74, 6) is -2.18. The topological polar surface area (TPSA) is 112 Å². The number of allylic oxidation sites excluding steroid dienone is 1. The summed E-state index contributed by atoms with van der Waals surface area (Å²) < 4.78 is 0. The van der Waals surface area contributed by atoms with Gasteiger partial charge in [-0.2, -0.15) is 0 Å². The first-order valence-electron chi connectivity index (χ1n) is 7.16. The van der Waals surface area contributed by atoms with Gasteiger partial charge in [0.1, 0.15) is 11.9 Å². The van der Waals surface area contributed by atoms with Gasteiger partial charge in [0.2, 0.25) is 0 Å². The predicted molar refractivity (Wildman–Crippen MR) is 78.9 cm³/mol. The van der Waals surface area contributed by atoms with Crippen LogP contribution in [0.25, 0.3) is 0 Å². The first-order chi connectivity index (χ1) is 10.4. The van der Waals surface area contributed by atoms with Crippen molar-refractivity contribution in [2.24, 2.45) is 5.92 Å². The number of carboxylic acid groups (broad SMARTS) is 2. The summed E-state index contributed by atoms with van der Waals surface area (Å²) in [7, 11) is 0. The molecule has 2 rings (SSSR count). The van der Waals surface area contributed by atoms with E-state index in [4.69, 9.17) is 15.3 Å². The van der Waals surface area contributed by atoms with Crippen LogP contribution >= 0.6 is 0 Å². The average Bonchev–Trinajstić information content (AvgIpc) is 2.47. The van der Waals surface area contributed by atoms with E-state index in [0.717, 1.165) is 12.8 Å². The minimum atomic E-state index is -1.26. The molecule has 2 aliphatic carbocycles. The molecule has 0 spiro atoms. The molecule has 1 unspecified atom stereocenters. The Labute approximate surface area is 128 Å². The molecular formula is C16H20O6. The zero-order valence-corrected chi connectivity index (χ0v) is 12.4. The molecule has 3 N–H and O–H groups in total. The number of hydrogen-bond acceptors (Lipinski definition) is 4. The highest BCUT2D eigenvalue weighted by Gasteiger charge is 2.30. The maximum Gasteiger partial charge on any atom is 0.335 e. The van der Waals surface area contributed by atoms with Crippen molar-refractivity contribution in [1.82, 2.24) is 0 Å². The highest BCUT2D eigenvalue weighted by atomic mass is 16.4. The van der Waals surface area contributed by atoms with Crippen LogP contribution in [0.4, 0.5) is 0 Å². The lowest BCUT2D eigenvalue weighted by atomic mass is 9.85. The first-order valence-corrected chi connectivity index (χ1v) is 7.16. The molecule has 2 aliphatic rings. The molecule has 0 aromatic heterocycles. The fourth-order valence-electron chi connectivity index (χ4n) is 2.52. The second-order valence-electron chi connectivity index (χ2n) is 5.36. The molecule has 1 saturated carbocycles. The SMILES string of the molecule is CC1=C(C(=O)O)C=CC(=C=O)C1C(=O)O.OC1CCCCC1. The van der Waals surface area contributed by atoms with Crippen LogP contribution in [-0.2, 0) is 14.4 Å². The number of aliphatic hydroxyl groups excluding tert-OH is 1. The number of rotatable bonds is 2. The second-order valence-corrected chi connectivity index (χ2v) is 5.36. The molecule has 0 aliphatic heterocycles. The van der Waals surface area contributed by atoms with Gasteiger partial charge in [0.15, 0.2) is 0 Å². The van der Waals surface area contributed by atoms with Crippen LogP contribution in [0, 0.1) is 5.92 Å². The lowest BCUT2D eigenvalue weighted by Crippen LogP contribution is -2.22. The van der Waals surface area contributed by atoms with Gasteiger partial charge >= 0.3 is 11.9 Å². The summed E-state index contributed by atoms with van der Waals surface area (Å²) >= 11 is 0. The Morgan fingerprint density at radius 2 is 1.73 bits per heavy atom. The number of carbonyl (C=O) groups is 2. The first kappa shape index (κ1) is 17.9. The highest BCUT2D eigenvalue weighted by Crippen LogP contribution is 2.28. The fourth-order valence-corrected chi connectivity index (χ4v) is 2.52. The largest absolute Gasteiger partial charge is 0.481 e. The zero-order valence-electron chi connectivity index (χ0n) is 12.4. The molecule has 22 heavy (non-hydrogen) atoms. The predicted octanol–water partition coefficient (Wildman–Crippen LogP) is 1.73. The van der Waals surface area contributed by atoms with Gasteiger partial charge < -0.3 is 15.3 Å². The third kappa shape index (κ3) is 4.69. The minimum Gasteiger partial charge on any atom is -0.481 e. The van der Waals surface area contributed by atoms with Gasteiger partial charge in [-0.05, 0) is 37.5 Å². The van der Waals surface area contributed by atoms with E-state index in [-0.39, 0.29) is 22.8 Å². The lowest BCUT2D eigenvalue weighted by molar-refractivity contribution is -0.139. The van der Waals surface area contributed by atoms with Crippen molar-refractivity contribution in [3.63, 3.8) is 0 Å². The van der Waals surface area contributed by atoms with E-state index in [1.165, 1.54) is 44.3 Å². The van der Waals surface area contributed by atoms with Gasteiger partial charge in [-0.3, -0.25) is 4.79 Å². The molecule has 1 fully saturated rings.